The second kappa shape index (κ2) is 5.44. The highest BCUT2D eigenvalue weighted by Crippen LogP contribution is 2.22. The third-order valence-electron chi connectivity index (χ3n) is 1.57. The molecule has 0 aromatic heterocycles. The van der Waals surface area contributed by atoms with Crippen LogP contribution in [0.1, 0.15) is 19.3 Å². The number of aliphatic hydroxyl groups is 1. The van der Waals surface area contributed by atoms with Gasteiger partial charge < -0.3 is 10.0 Å². The van der Waals surface area contributed by atoms with Crippen molar-refractivity contribution in [3.05, 3.63) is 0 Å². The Labute approximate surface area is 76.3 Å². The van der Waals surface area contributed by atoms with Gasteiger partial charge in [0.2, 0.25) is 0 Å². The number of rotatable bonds is 5. The Hall–Kier alpha value is -0.290. The average molecular weight is 199 g/mol. The van der Waals surface area contributed by atoms with Crippen LogP contribution in [0.15, 0.2) is 0 Å². The molecule has 5 heteroatoms. The molecule has 0 fully saturated rings. The lowest BCUT2D eigenvalue weighted by Crippen LogP contribution is -2.26. The number of likely N-dealkylation sites (N-methyl/N-ethyl adjacent to an activating group) is 1. The Morgan fingerprint density at radius 2 is 1.85 bits per heavy atom. The Morgan fingerprint density at radius 3 is 2.23 bits per heavy atom. The Balaban J connectivity index is 3.42. The summed E-state index contributed by atoms with van der Waals surface area (Å²) in [7, 11) is 3.54. The van der Waals surface area contributed by atoms with Crippen LogP contribution in [-0.2, 0) is 0 Å². The number of aliphatic hydroxyl groups excluding tert-OH is 1. The van der Waals surface area contributed by atoms with Gasteiger partial charge in [-0.1, -0.05) is 0 Å². The van der Waals surface area contributed by atoms with Crippen molar-refractivity contribution in [2.75, 3.05) is 20.6 Å². The zero-order valence-corrected chi connectivity index (χ0v) is 7.93. The van der Waals surface area contributed by atoms with E-state index in [1.54, 1.807) is 19.0 Å². The van der Waals surface area contributed by atoms with Crippen molar-refractivity contribution in [1.29, 1.82) is 0 Å². The molecule has 0 amide bonds. The van der Waals surface area contributed by atoms with Gasteiger partial charge in [-0.2, -0.15) is 13.2 Å². The Kier molecular flexibility index (Phi) is 5.32. The van der Waals surface area contributed by atoms with E-state index in [9.17, 15) is 18.3 Å². The lowest BCUT2D eigenvalue weighted by Gasteiger charge is -2.15. The maximum atomic E-state index is 11.7. The van der Waals surface area contributed by atoms with E-state index in [1.165, 1.54) is 0 Å². The van der Waals surface area contributed by atoms with Crippen LogP contribution >= 0.6 is 0 Å². The van der Waals surface area contributed by atoms with Crippen molar-refractivity contribution in [3.8, 4) is 0 Å². The molecule has 0 aliphatic carbocycles. The van der Waals surface area contributed by atoms with Crippen molar-refractivity contribution in [3.63, 3.8) is 0 Å². The van der Waals surface area contributed by atoms with Gasteiger partial charge in [0.1, 0.15) is 0 Å². The molecule has 0 saturated carbocycles. The first kappa shape index (κ1) is 12.7. The molecular weight excluding hydrogens is 183 g/mol. The minimum absolute atomic E-state index is 0.00148. The SMILES string of the molecule is CN(C)CC(O)CCCC(F)(F)F. The van der Waals surface area contributed by atoms with E-state index in [2.05, 4.69) is 0 Å². The topological polar surface area (TPSA) is 23.5 Å². The molecule has 0 aromatic carbocycles. The molecule has 0 radical (unpaired) electrons. The maximum Gasteiger partial charge on any atom is 0.389 e. The molecule has 0 aliphatic heterocycles. The highest BCUT2D eigenvalue weighted by atomic mass is 19.4. The summed E-state index contributed by atoms with van der Waals surface area (Å²) in [4.78, 5) is 1.75. The number of nitrogens with zero attached hydrogens (tertiary/aromatic N) is 1. The molecule has 0 saturated heterocycles. The van der Waals surface area contributed by atoms with E-state index in [4.69, 9.17) is 0 Å². The monoisotopic (exact) mass is 199 g/mol. The summed E-state index contributed by atoms with van der Waals surface area (Å²) in [6, 6.07) is 0. The van der Waals surface area contributed by atoms with Gasteiger partial charge in [0.05, 0.1) is 6.10 Å². The molecule has 2 nitrogen and oxygen atoms in total. The van der Waals surface area contributed by atoms with E-state index in [-0.39, 0.29) is 12.8 Å². The second-order valence-electron chi connectivity index (χ2n) is 3.42. The first-order valence-corrected chi connectivity index (χ1v) is 4.21. The average Bonchev–Trinajstić information content (AvgIpc) is 1.81. The van der Waals surface area contributed by atoms with E-state index >= 15 is 0 Å². The normalized spacial score (nSPS) is 15.0. The Morgan fingerprint density at radius 1 is 1.31 bits per heavy atom. The number of alkyl halides is 3. The van der Waals surface area contributed by atoms with Gasteiger partial charge in [0.25, 0.3) is 0 Å². The zero-order valence-electron chi connectivity index (χ0n) is 7.93. The quantitative estimate of drug-likeness (QED) is 0.727. The smallest absolute Gasteiger partial charge is 0.389 e. The number of hydrogen-bond acceptors (Lipinski definition) is 2. The lowest BCUT2D eigenvalue weighted by molar-refractivity contribution is -0.136. The molecule has 0 spiro atoms. The van der Waals surface area contributed by atoms with Gasteiger partial charge >= 0.3 is 6.18 Å². The summed E-state index contributed by atoms with van der Waals surface area (Å²) in [5, 5.41) is 9.21. The van der Waals surface area contributed by atoms with Crippen LogP contribution in [0.3, 0.4) is 0 Å². The Bertz CT molecular complexity index is 136. The summed E-state index contributed by atoms with van der Waals surface area (Å²) < 4.78 is 35.0. The van der Waals surface area contributed by atoms with Crippen LogP contribution in [0.5, 0.6) is 0 Å². The molecule has 13 heavy (non-hydrogen) atoms. The molecule has 0 aliphatic rings. The van der Waals surface area contributed by atoms with E-state index in [0.717, 1.165) is 0 Å². The highest BCUT2D eigenvalue weighted by molar-refractivity contribution is 4.60. The molecule has 0 heterocycles. The van der Waals surface area contributed by atoms with Crippen LogP contribution in [0.4, 0.5) is 13.2 Å². The van der Waals surface area contributed by atoms with Crippen molar-refractivity contribution in [1.82, 2.24) is 4.90 Å². The van der Waals surface area contributed by atoms with Crippen LogP contribution in [0, 0.1) is 0 Å². The molecule has 1 N–H and O–H groups in total. The molecule has 1 atom stereocenters. The van der Waals surface area contributed by atoms with Crippen molar-refractivity contribution in [2.45, 2.75) is 31.5 Å². The first-order valence-electron chi connectivity index (χ1n) is 4.21. The molecular formula is C8H16F3NO. The van der Waals surface area contributed by atoms with Crippen molar-refractivity contribution < 1.29 is 18.3 Å². The van der Waals surface area contributed by atoms with Crippen molar-refractivity contribution in [2.24, 2.45) is 0 Å². The molecule has 0 bridgehead atoms. The highest BCUT2D eigenvalue weighted by Gasteiger charge is 2.26. The number of halogens is 3. The van der Waals surface area contributed by atoms with Gasteiger partial charge in [0, 0.05) is 13.0 Å². The third kappa shape index (κ3) is 9.63. The van der Waals surface area contributed by atoms with Crippen LogP contribution in [0.25, 0.3) is 0 Å². The lowest BCUT2D eigenvalue weighted by atomic mass is 10.1. The largest absolute Gasteiger partial charge is 0.392 e. The van der Waals surface area contributed by atoms with Gasteiger partial charge in [-0.15, -0.1) is 0 Å². The van der Waals surface area contributed by atoms with Gasteiger partial charge in [-0.05, 0) is 26.9 Å². The fourth-order valence-corrected chi connectivity index (χ4v) is 1.05. The molecule has 80 valence electrons. The summed E-state index contributed by atoms with van der Waals surface area (Å²) in [6.45, 7) is 0.415. The van der Waals surface area contributed by atoms with E-state index in [1.807, 2.05) is 0 Å². The second-order valence-corrected chi connectivity index (χ2v) is 3.42. The van der Waals surface area contributed by atoms with E-state index in [0.29, 0.717) is 6.54 Å². The van der Waals surface area contributed by atoms with Gasteiger partial charge in [-0.3, -0.25) is 0 Å². The maximum absolute atomic E-state index is 11.7. The summed E-state index contributed by atoms with van der Waals surface area (Å²) >= 11 is 0. The predicted molar refractivity (Wildman–Crippen MR) is 44.5 cm³/mol. The minimum atomic E-state index is -4.10. The zero-order chi connectivity index (χ0) is 10.5. The minimum Gasteiger partial charge on any atom is -0.392 e. The summed E-state index contributed by atoms with van der Waals surface area (Å²) in [6.07, 6.45) is -5.36. The van der Waals surface area contributed by atoms with E-state index < -0.39 is 18.7 Å². The molecule has 0 aromatic rings. The van der Waals surface area contributed by atoms with Crippen LogP contribution in [0.2, 0.25) is 0 Å². The molecule has 0 rings (SSSR count). The predicted octanol–water partition coefficient (Wildman–Crippen LogP) is 1.64. The number of hydrogen-bond donors (Lipinski definition) is 1. The van der Waals surface area contributed by atoms with Gasteiger partial charge in [0.15, 0.2) is 0 Å². The fourth-order valence-electron chi connectivity index (χ4n) is 1.05. The van der Waals surface area contributed by atoms with Crippen LogP contribution < -0.4 is 0 Å². The fraction of sp³-hybridized carbons (Fsp3) is 1.00. The summed E-state index contributed by atoms with van der Waals surface area (Å²) in [5.41, 5.74) is 0. The van der Waals surface area contributed by atoms with Crippen LogP contribution in [-0.4, -0.2) is 42.9 Å². The van der Waals surface area contributed by atoms with Crippen molar-refractivity contribution >= 4 is 0 Å². The standard InChI is InChI=1S/C8H16F3NO/c1-12(2)6-7(13)4-3-5-8(9,10)11/h7,13H,3-6H2,1-2H3. The molecule has 1 unspecified atom stereocenters. The summed E-state index contributed by atoms with van der Waals surface area (Å²) in [5.74, 6) is 0. The first-order chi connectivity index (χ1) is 5.81. The third-order valence-corrected chi connectivity index (χ3v) is 1.57. The van der Waals surface area contributed by atoms with Gasteiger partial charge in [-0.25, -0.2) is 0 Å².